The van der Waals surface area contributed by atoms with Crippen LogP contribution in [0.15, 0.2) is 48.8 Å². The highest BCUT2D eigenvalue weighted by molar-refractivity contribution is 7.16. The van der Waals surface area contributed by atoms with Crippen molar-refractivity contribution in [3.63, 3.8) is 0 Å². The lowest BCUT2D eigenvalue weighted by atomic mass is 10.1. The van der Waals surface area contributed by atoms with Gasteiger partial charge in [-0.2, -0.15) is 0 Å². The number of piperazine rings is 1. The van der Waals surface area contributed by atoms with Gasteiger partial charge < -0.3 is 10.8 Å². The van der Waals surface area contributed by atoms with Crippen LogP contribution in [-0.2, 0) is 6.54 Å². The maximum absolute atomic E-state index is 12.2. The highest BCUT2D eigenvalue weighted by Crippen LogP contribution is 2.33. The first-order valence-corrected chi connectivity index (χ1v) is 12.3. The minimum absolute atomic E-state index is 0.202. The molecule has 1 aliphatic heterocycles. The summed E-state index contributed by atoms with van der Waals surface area (Å²) in [5, 5.41) is 10.3. The molecule has 4 aromatic rings. The molecule has 34 heavy (non-hydrogen) atoms. The number of fused-ring (bicyclic) bond motifs is 1. The SMILES string of the molecule is NC(=O)c1sc(-n2cnc3ccc(CN4CCN(CCO)CC4)cc32)nc1-c1cccc(Cl)c1. The molecule has 3 N–H and O–H groups in total. The number of imidazole rings is 1. The monoisotopic (exact) mass is 496 g/mol. The number of halogens is 1. The molecule has 1 fully saturated rings. The summed E-state index contributed by atoms with van der Waals surface area (Å²) in [6, 6.07) is 13.5. The summed E-state index contributed by atoms with van der Waals surface area (Å²) in [7, 11) is 0. The highest BCUT2D eigenvalue weighted by Gasteiger charge is 2.21. The molecule has 1 saturated heterocycles. The van der Waals surface area contributed by atoms with Crippen LogP contribution in [0.3, 0.4) is 0 Å². The van der Waals surface area contributed by atoms with Gasteiger partial charge in [0.15, 0.2) is 5.13 Å². The van der Waals surface area contributed by atoms with Gasteiger partial charge in [-0.05, 0) is 29.8 Å². The number of hydrogen-bond donors (Lipinski definition) is 2. The van der Waals surface area contributed by atoms with Gasteiger partial charge in [-0.3, -0.25) is 19.2 Å². The van der Waals surface area contributed by atoms with E-state index in [1.807, 2.05) is 22.8 Å². The van der Waals surface area contributed by atoms with Gasteiger partial charge >= 0.3 is 0 Å². The minimum Gasteiger partial charge on any atom is -0.395 e. The van der Waals surface area contributed by atoms with E-state index in [1.165, 1.54) is 16.9 Å². The van der Waals surface area contributed by atoms with Gasteiger partial charge in [0.05, 0.1) is 23.3 Å². The first-order chi connectivity index (χ1) is 16.5. The summed E-state index contributed by atoms with van der Waals surface area (Å²) in [6.45, 7) is 5.63. The quantitative estimate of drug-likeness (QED) is 0.408. The molecule has 176 valence electrons. The molecule has 0 radical (unpaired) electrons. The number of rotatable bonds is 7. The Morgan fingerprint density at radius 3 is 2.65 bits per heavy atom. The molecular weight excluding hydrogens is 472 g/mol. The van der Waals surface area contributed by atoms with Crippen molar-refractivity contribution in [3.05, 3.63) is 64.3 Å². The fourth-order valence-electron chi connectivity index (χ4n) is 4.29. The molecule has 2 aromatic heterocycles. The van der Waals surface area contributed by atoms with Crippen molar-refractivity contribution < 1.29 is 9.90 Å². The van der Waals surface area contributed by atoms with Crippen LogP contribution in [0, 0.1) is 0 Å². The van der Waals surface area contributed by atoms with Gasteiger partial charge in [0.2, 0.25) is 0 Å². The van der Waals surface area contributed by atoms with Crippen molar-refractivity contribution >= 4 is 39.9 Å². The summed E-state index contributed by atoms with van der Waals surface area (Å²) in [5.74, 6) is -0.524. The molecule has 0 atom stereocenters. The maximum Gasteiger partial charge on any atom is 0.261 e. The van der Waals surface area contributed by atoms with E-state index in [-0.39, 0.29) is 6.61 Å². The Morgan fingerprint density at radius 2 is 1.91 bits per heavy atom. The van der Waals surface area contributed by atoms with Crippen molar-refractivity contribution in [2.75, 3.05) is 39.3 Å². The Morgan fingerprint density at radius 1 is 1.12 bits per heavy atom. The van der Waals surface area contributed by atoms with E-state index < -0.39 is 5.91 Å². The number of benzene rings is 2. The number of β-amino-alcohol motifs (C(OH)–C–C–N with tert-alkyl or cyclic N) is 1. The molecule has 8 nitrogen and oxygen atoms in total. The van der Waals surface area contributed by atoms with Gasteiger partial charge in [-0.15, -0.1) is 0 Å². The largest absolute Gasteiger partial charge is 0.395 e. The molecule has 0 aliphatic carbocycles. The number of carbonyl (C=O) groups is 1. The van der Waals surface area contributed by atoms with Crippen molar-refractivity contribution in [1.82, 2.24) is 24.3 Å². The Hall–Kier alpha value is -2.82. The molecule has 3 heterocycles. The molecule has 5 rings (SSSR count). The lowest BCUT2D eigenvalue weighted by Gasteiger charge is -2.34. The van der Waals surface area contributed by atoms with E-state index in [4.69, 9.17) is 27.4 Å². The van der Waals surface area contributed by atoms with Crippen molar-refractivity contribution in [1.29, 1.82) is 0 Å². The number of nitrogens with zero attached hydrogens (tertiary/aromatic N) is 5. The van der Waals surface area contributed by atoms with E-state index in [9.17, 15) is 4.79 Å². The first-order valence-electron chi connectivity index (χ1n) is 11.1. The third-order valence-electron chi connectivity index (χ3n) is 6.04. The number of thiazole rings is 1. The standard InChI is InChI=1S/C24H25ClN6O2S/c25-18-3-1-2-17(13-18)21-22(23(26)33)34-24(28-21)31-15-27-19-5-4-16(12-20(19)31)14-30-8-6-29(7-9-30)10-11-32/h1-5,12-13,15,32H,6-11,14H2,(H2,26,33). The van der Waals surface area contributed by atoms with Crippen molar-refractivity contribution in [2.24, 2.45) is 5.73 Å². The van der Waals surface area contributed by atoms with Crippen LogP contribution in [0.1, 0.15) is 15.2 Å². The second kappa shape index (κ2) is 9.81. The smallest absolute Gasteiger partial charge is 0.261 e. The average molecular weight is 497 g/mol. The zero-order valence-electron chi connectivity index (χ0n) is 18.5. The fraction of sp³-hybridized carbons (Fsp3) is 0.292. The van der Waals surface area contributed by atoms with E-state index in [2.05, 4.69) is 26.9 Å². The number of hydrogen-bond acceptors (Lipinski definition) is 7. The normalized spacial score (nSPS) is 15.2. The second-order valence-corrected chi connectivity index (χ2v) is 9.74. The van der Waals surface area contributed by atoms with Crippen molar-refractivity contribution in [3.8, 4) is 16.4 Å². The number of amides is 1. The third-order valence-corrected chi connectivity index (χ3v) is 7.35. The van der Waals surface area contributed by atoms with Gasteiger partial charge in [-0.25, -0.2) is 9.97 Å². The van der Waals surface area contributed by atoms with Gasteiger partial charge in [0, 0.05) is 49.9 Å². The molecule has 10 heteroatoms. The van der Waals surface area contributed by atoms with Crippen LogP contribution in [0.5, 0.6) is 0 Å². The Balaban J connectivity index is 1.44. The molecule has 0 bridgehead atoms. The van der Waals surface area contributed by atoms with Crippen LogP contribution in [-0.4, -0.2) is 74.7 Å². The predicted octanol–water partition coefficient (Wildman–Crippen LogP) is 3.01. The van der Waals surface area contributed by atoms with E-state index in [1.54, 1.807) is 18.5 Å². The zero-order chi connectivity index (χ0) is 23.7. The maximum atomic E-state index is 12.2. The van der Waals surface area contributed by atoms with Gasteiger partial charge in [0.1, 0.15) is 11.2 Å². The molecule has 1 aliphatic rings. The number of aliphatic hydroxyl groups is 1. The minimum atomic E-state index is -0.524. The summed E-state index contributed by atoms with van der Waals surface area (Å²) in [5.41, 5.74) is 9.92. The van der Waals surface area contributed by atoms with Crippen LogP contribution in [0.25, 0.3) is 27.4 Å². The van der Waals surface area contributed by atoms with Gasteiger partial charge in [-0.1, -0.05) is 41.1 Å². The Labute approximate surface area is 206 Å². The van der Waals surface area contributed by atoms with Crippen LogP contribution in [0.4, 0.5) is 0 Å². The number of carbonyl (C=O) groups excluding carboxylic acids is 1. The molecule has 0 spiro atoms. The summed E-state index contributed by atoms with van der Waals surface area (Å²) in [4.78, 5) is 26.5. The predicted molar refractivity (Wildman–Crippen MR) is 135 cm³/mol. The topological polar surface area (TPSA) is 101 Å². The molecule has 0 saturated carbocycles. The fourth-order valence-corrected chi connectivity index (χ4v) is 5.40. The Kier molecular flexibility index (Phi) is 6.62. The van der Waals surface area contributed by atoms with E-state index in [0.29, 0.717) is 20.7 Å². The van der Waals surface area contributed by atoms with Crippen molar-refractivity contribution in [2.45, 2.75) is 6.54 Å². The molecule has 1 amide bonds. The first kappa shape index (κ1) is 22.9. The zero-order valence-corrected chi connectivity index (χ0v) is 20.1. The second-order valence-electron chi connectivity index (χ2n) is 8.33. The number of nitrogens with two attached hydrogens (primary N) is 1. The lowest BCUT2D eigenvalue weighted by molar-refractivity contribution is 0.100. The molecular formula is C24H25ClN6O2S. The van der Waals surface area contributed by atoms with Gasteiger partial charge in [0.25, 0.3) is 5.91 Å². The third kappa shape index (κ3) is 4.70. The number of primary amides is 1. The average Bonchev–Trinajstić information content (AvgIpc) is 3.45. The van der Waals surface area contributed by atoms with E-state index >= 15 is 0 Å². The lowest BCUT2D eigenvalue weighted by Crippen LogP contribution is -2.46. The summed E-state index contributed by atoms with van der Waals surface area (Å²) >= 11 is 7.40. The van der Waals surface area contributed by atoms with Crippen LogP contribution in [0.2, 0.25) is 5.02 Å². The summed E-state index contributed by atoms with van der Waals surface area (Å²) < 4.78 is 1.91. The number of aliphatic hydroxyl groups excluding tert-OH is 1. The molecule has 2 aromatic carbocycles. The van der Waals surface area contributed by atoms with E-state index in [0.717, 1.165) is 55.9 Å². The Bertz CT molecular complexity index is 1330. The van der Waals surface area contributed by atoms with Crippen LogP contribution >= 0.6 is 22.9 Å². The molecule has 0 unspecified atom stereocenters. The van der Waals surface area contributed by atoms with Crippen LogP contribution < -0.4 is 5.73 Å². The number of aromatic nitrogens is 3. The highest BCUT2D eigenvalue weighted by atomic mass is 35.5. The summed E-state index contributed by atoms with van der Waals surface area (Å²) in [6.07, 6.45) is 1.73.